The molecule has 2 aromatic carbocycles. The van der Waals surface area contributed by atoms with E-state index in [9.17, 15) is 10.1 Å². The number of halogens is 1. The van der Waals surface area contributed by atoms with Crippen molar-refractivity contribution in [2.24, 2.45) is 0 Å². The van der Waals surface area contributed by atoms with Crippen LogP contribution in [0.1, 0.15) is 12.0 Å². The van der Waals surface area contributed by atoms with Gasteiger partial charge in [0.1, 0.15) is 0 Å². The summed E-state index contributed by atoms with van der Waals surface area (Å²) in [7, 11) is 0. The van der Waals surface area contributed by atoms with Gasteiger partial charge in [-0.3, -0.25) is 15.0 Å². The Labute approximate surface area is 140 Å². The van der Waals surface area contributed by atoms with Gasteiger partial charge < -0.3 is 5.32 Å². The number of non-ortho nitro benzene ring substituents is 1. The van der Waals surface area contributed by atoms with E-state index >= 15 is 0 Å². The second kappa shape index (κ2) is 6.98. The van der Waals surface area contributed by atoms with Crippen LogP contribution >= 0.6 is 11.6 Å². The summed E-state index contributed by atoms with van der Waals surface area (Å²) < 4.78 is 0. The van der Waals surface area contributed by atoms with Crippen LogP contribution < -0.4 is 5.32 Å². The van der Waals surface area contributed by atoms with Gasteiger partial charge in [0.05, 0.1) is 15.6 Å². The van der Waals surface area contributed by atoms with Gasteiger partial charge in [-0.15, -0.1) is 0 Å². The minimum Gasteiger partial charge on any atom is -0.380 e. The molecule has 1 N–H and O–H groups in total. The second-order valence-electron chi connectivity index (χ2n) is 5.77. The fraction of sp³-hybridized carbons (Fsp3) is 0.294. The van der Waals surface area contributed by atoms with E-state index in [1.165, 1.54) is 17.7 Å². The van der Waals surface area contributed by atoms with Gasteiger partial charge in [-0.05, 0) is 18.1 Å². The number of nitro groups is 1. The second-order valence-corrected chi connectivity index (χ2v) is 6.18. The third-order valence-electron chi connectivity index (χ3n) is 4.04. The first-order chi connectivity index (χ1) is 11.1. The Hall–Kier alpha value is -2.11. The van der Waals surface area contributed by atoms with Crippen molar-refractivity contribution in [2.75, 3.05) is 18.4 Å². The Morgan fingerprint density at radius 1 is 1.26 bits per heavy atom. The monoisotopic (exact) mass is 331 g/mol. The molecule has 1 atom stereocenters. The molecule has 1 aliphatic heterocycles. The Morgan fingerprint density at radius 3 is 2.74 bits per heavy atom. The lowest BCUT2D eigenvalue weighted by Crippen LogP contribution is -2.26. The van der Waals surface area contributed by atoms with Gasteiger partial charge in [-0.25, -0.2) is 0 Å². The molecule has 1 aliphatic rings. The normalized spacial score (nSPS) is 18.0. The molecule has 120 valence electrons. The van der Waals surface area contributed by atoms with Crippen molar-refractivity contribution in [3.63, 3.8) is 0 Å². The highest BCUT2D eigenvalue weighted by atomic mass is 35.5. The highest BCUT2D eigenvalue weighted by Crippen LogP contribution is 2.28. The SMILES string of the molecule is O=[N+]([O-])c1ccc(N[C@H]2CCN(Cc3ccccc3)C2)c(Cl)c1. The number of benzene rings is 2. The van der Waals surface area contributed by atoms with E-state index in [1.807, 2.05) is 6.07 Å². The van der Waals surface area contributed by atoms with E-state index in [4.69, 9.17) is 11.6 Å². The Morgan fingerprint density at radius 2 is 2.04 bits per heavy atom. The van der Waals surface area contributed by atoms with Crippen LogP contribution in [-0.4, -0.2) is 29.0 Å². The first-order valence-corrected chi connectivity index (χ1v) is 7.96. The van der Waals surface area contributed by atoms with Crippen molar-refractivity contribution in [1.29, 1.82) is 0 Å². The molecular weight excluding hydrogens is 314 g/mol. The van der Waals surface area contributed by atoms with Crippen molar-refractivity contribution in [1.82, 2.24) is 4.90 Å². The van der Waals surface area contributed by atoms with Crippen LogP contribution in [0.15, 0.2) is 48.5 Å². The number of rotatable bonds is 5. The predicted molar refractivity (Wildman–Crippen MR) is 91.9 cm³/mol. The van der Waals surface area contributed by atoms with E-state index in [1.54, 1.807) is 6.07 Å². The molecule has 23 heavy (non-hydrogen) atoms. The summed E-state index contributed by atoms with van der Waals surface area (Å²) in [5.74, 6) is 0. The molecule has 1 heterocycles. The fourth-order valence-electron chi connectivity index (χ4n) is 2.89. The first-order valence-electron chi connectivity index (χ1n) is 7.58. The summed E-state index contributed by atoms with van der Waals surface area (Å²) in [4.78, 5) is 12.7. The van der Waals surface area contributed by atoms with Gasteiger partial charge in [0, 0.05) is 37.8 Å². The molecular formula is C17H18ClN3O2. The lowest BCUT2D eigenvalue weighted by Gasteiger charge is -2.18. The highest BCUT2D eigenvalue weighted by molar-refractivity contribution is 6.33. The zero-order valence-corrected chi connectivity index (χ0v) is 13.4. The molecule has 3 rings (SSSR count). The summed E-state index contributed by atoms with van der Waals surface area (Å²) >= 11 is 6.14. The zero-order valence-electron chi connectivity index (χ0n) is 12.6. The third-order valence-corrected chi connectivity index (χ3v) is 4.36. The molecule has 0 unspecified atom stereocenters. The average Bonchev–Trinajstić information content (AvgIpc) is 2.97. The Kier molecular flexibility index (Phi) is 4.79. The molecule has 0 radical (unpaired) electrons. The van der Waals surface area contributed by atoms with E-state index in [0.29, 0.717) is 11.1 Å². The van der Waals surface area contributed by atoms with Crippen molar-refractivity contribution in [3.05, 3.63) is 69.2 Å². The summed E-state index contributed by atoms with van der Waals surface area (Å²) in [6, 6.07) is 15.2. The number of nitrogens with zero attached hydrogens (tertiary/aromatic N) is 2. The van der Waals surface area contributed by atoms with Gasteiger partial charge in [0.25, 0.3) is 5.69 Å². The van der Waals surface area contributed by atoms with Gasteiger partial charge in [0.2, 0.25) is 0 Å². The fourth-order valence-corrected chi connectivity index (χ4v) is 3.12. The van der Waals surface area contributed by atoms with Crippen LogP contribution in [0.2, 0.25) is 5.02 Å². The average molecular weight is 332 g/mol. The molecule has 1 saturated heterocycles. The molecule has 2 aromatic rings. The van der Waals surface area contributed by atoms with Crippen LogP contribution in [0.5, 0.6) is 0 Å². The maximum Gasteiger partial charge on any atom is 0.271 e. The summed E-state index contributed by atoms with van der Waals surface area (Å²) in [5, 5.41) is 14.5. The Balaban J connectivity index is 1.59. The van der Waals surface area contributed by atoms with Crippen LogP contribution in [0.4, 0.5) is 11.4 Å². The summed E-state index contributed by atoms with van der Waals surface area (Å²) in [5.41, 5.74) is 2.07. The third kappa shape index (κ3) is 4.00. The minimum absolute atomic E-state index is 0.0117. The summed E-state index contributed by atoms with van der Waals surface area (Å²) in [6.45, 7) is 2.90. The lowest BCUT2D eigenvalue weighted by atomic mass is 10.2. The number of hydrogen-bond acceptors (Lipinski definition) is 4. The maximum atomic E-state index is 10.7. The molecule has 1 fully saturated rings. The predicted octanol–water partition coefficient (Wildman–Crippen LogP) is 3.93. The van der Waals surface area contributed by atoms with Crippen molar-refractivity contribution < 1.29 is 4.92 Å². The molecule has 0 saturated carbocycles. The molecule has 0 aliphatic carbocycles. The molecule has 0 spiro atoms. The molecule has 0 bridgehead atoms. The smallest absolute Gasteiger partial charge is 0.271 e. The molecule has 0 aromatic heterocycles. The van der Waals surface area contributed by atoms with Gasteiger partial charge in [-0.2, -0.15) is 0 Å². The highest BCUT2D eigenvalue weighted by Gasteiger charge is 2.23. The minimum atomic E-state index is -0.438. The number of likely N-dealkylation sites (tertiary alicyclic amines) is 1. The van der Waals surface area contributed by atoms with Gasteiger partial charge in [-0.1, -0.05) is 41.9 Å². The van der Waals surface area contributed by atoms with E-state index in [2.05, 4.69) is 34.5 Å². The number of nitro benzene ring substituents is 1. The van der Waals surface area contributed by atoms with Crippen molar-refractivity contribution in [2.45, 2.75) is 19.0 Å². The topological polar surface area (TPSA) is 58.4 Å². The van der Waals surface area contributed by atoms with Crippen molar-refractivity contribution in [3.8, 4) is 0 Å². The van der Waals surface area contributed by atoms with Crippen LogP contribution in [-0.2, 0) is 6.54 Å². The van der Waals surface area contributed by atoms with E-state index < -0.39 is 4.92 Å². The van der Waals surface area contributed by atoms with Gasteiger partial charge in [0.15, 0.2) is 0 Å². The standard InChI is InChI=1S/C17H18ClN3O2/c18-16-10-15(21(22)23)6-7-17(16)19-14-8-9-20(12-14)11-13-4-2-1-3-5-13/h1-7,10,14,19H,8-9,11-12H2/t14-/m0/s1. The largest absolute Gasteiger partial charge is 0.380 e. The Bertz CT molecular complexity index is 693. The summed E-state index contributed by atoms with van der Waals surface area (Å²) in [6.07, 6.45) is 1.03. The van der Waals surface area contributed by atoms with Crippen LogP contribution in [0.25, 0.3) is 0 Å². The van der Waals surface area contributed by atoms with E-state index in [0.717, 1.165) is 31.7 Å². The molecule has 0 amide bonds. The number of nitrogens with one attached hydrogen (secondary N) is 1. The molecule has 5 nitrogen and oxygen atoms in total. The van der Waals surface area contributed by atoms with E-state index in [-0.39, 0.29) is 5.69 Å². The van der Waals surface area contributed by atoms with Crippen molar-refractivity contribution >= 4 is 23.0 Å². The number of anilines is 1. The van der Waals surface area contributed by atoms with Crippen LogP contribution in [0, 0.1) is 10.1 Å². The quantitative estimate of drug-likeness (QED) is 0.666. The first kappa shape index (κ1) is 15.8. The maximum absolute atomic E-state index is 10.7. The lowest BCUT2D eigenvalue weighted by molar-refractivity contribution is -0.384. The molecule has 6 heteroatoms. The number of hydrogen-bond donors (Lipinski definition) is 1. The van der Waals surface area contributed by atoms with Crippen LogP contribution in [0.3, 0.4) is 0 Å². The zero-order chi connectivity index (χ0) is 16.2. The van der Waals surface area contributed by atoms with Gasteiger partial charge >= 0.3 is 0 Å².